The molecule has 17 heavy (non-hydrogen) atoms. The van der Waals surface area contributed by atoms with Crippen LogP contribution in [0.25, 0.3) is 0 Å². The van der Waals surface area contributed by atoms with Gasteiger partial charge in [0.15, 0.2) is 0 Å². The number of hydrogen-bond acceptors (Lipinski definition) is 3. The van der Waals surface area contributed by atoms with E-state index in [1.54, 1.807) is 11.3 Å². The van der Waals surface area contributed by atoms with Crippen LogP contribution in [0.15, 0.2) is 17.5 Å². The highest BCUT2D eigenvalue weighted by molar-refractivity contribution is 7.09. The summed E-state index contributed by atoms with van der Waals surface area (Å²) in [4.78, 5) is 1.37. The van der Waals surface area contributed by atoms with Crippen LogP contribution in [0, 0.1) is 5.92 Å². The number of aryl methyl sites for hydroxylation is 1. The first-order chi connectivity index (χ1) is 8.09. The van der Waals surface area contributed by atoms with Gasteiger partial charge in [0.1, 0.15) is 0 Å². The summed E-state index contributed by atoms with van der Waals surface area (Å²) in [7, 11) is 0. The van der Waals surface area contributed by atoms with E-state index in [0.717, 1.165) is 25.7 Å². The minimum atomic E-state index is -0.517. The molecule has 96 valence electrons. The topological polar surface area (TPSA) is 29.5 Å². The molecule has 3 heteroatoms. The fourth-order valence-electron chi connectivity index (χ4n) is 2.40. The van der Waals surface area contributed by atoms with Crippen molar-refractivity contribution in [2.24, 2.45) is 5.92 Å². The van der Waals surface area contributed by atoms with Crippen LogP contribution in [0.1, 0.15) is 38.0 Å². The van der Waals surface area contributed by atoms with E-state index in [0.29, 0.717) is 12.5 Å². The van der Waals surface area contributed by atoms with Crippen molar-refractivity contribution in [3.63, 3.8) is 0 Å². The summed E-state index contributed by atoms with van der Waals surface area (Å²) >= 11 is 1.77. The lowest BCUT2D eigenvalue weighted by Crippen LogP contribution is -2.43. The molecule has 1 fully saturated rings. The van der Waals surface area contributed by atoms with Crippen LogP contribution in [0.2, 0.25) is 0 Å². The second kappa shape index (κ2) is 5.51. The van der Waals surface area contributed by atoms with Gasteiger partial charge in [-0.3, -0.25) is 0 Å². The molecular weight excluding hydrogens is 232 g/mol. The fourth-order valence-corrected chi connectivity index (χ4v) is 3.11. The molecule has 0 aliphatic carbocycles. The summed E-state index contributed by atoms with van der Waals surface area (Å²) in [5.41, 5.74) is -0.517. The molecular formula is C14H22O2S. The number of rotatable bonds is 4. The van der Waals surface area contributed by atoms with Crippen molar-refractivity contribution in [1.29, 1.82) is 0 Å². The lowest BCUT2D eigenvalue weighted by atomic mass is 9.83. The van der Waals surface area contributed by atoms with Gasteiger partial charge in [0.25, 0.3) is 0 Å². The molecule has 0 aromatic carbocycles. The van der Waals surface area contributed by atoms with Crippen LogP contribution in [-0.4, -0.2) is 23.4 Å². The molecule has 0 saturated carbocycles. The van der Waals surface area contributed by atoms with Crippen molar-refractivity contribution in [3.05, 3.63) is 22.4 Å². The highest BCUT2D eigenvalue weighted by Crippen LogP contribution is 2.32. The first-order valence-corrected chi connectivity index (χ1v) is 7.33. The molecule has 1 aliphatic rings. The van der Waals surface area contributed by atoms with Crippen LogP contribution in [0.5, 0.6) is 0 Å². The molecule has 0 amide bonds. The van der Waals surface area contributed by atoms with E-state index >= 15 is 0 Å². The van der Waals surface area contributed by atoms with Gasteiger partial charge in [-0.1, -0.05) is 19.9 Å². The summed E-state index contributed by atoms with van der Waals surface area (Å²) < 4.78 is 5.71. The van der Waals surface area contributed by atoms with Gasteiger partial charge in [-0.2, -0.15) is 0 Å². The highest BCUT2D eigenvalue weighted by Gasteiger charge is 2.35. The maximum Gasteiger partial charge on any atom is 0.0698 e. The second-order valence-corrected chi connectivity index (χ2v) is 6.44. The van der Waals surface area contributed by atoms with E-state index in [9.17, 15) is 5.11 Å². The Labute approximate surface area is 108 Å². The van der Waals surface area contributed by atoms with Gasteiger partial charge in [-0.05, 0) is 36.6 Å². The monoisotopic (exact) mass is 254 g/mol. The Bertz CT molecular complexity index is 334. The van der Waals surface area contributed by atoms with Crippen molar-refractivity contribution < 1.29 is 9.84 Å². The Morgan fingerprint density at radius 2 is 2.41 bits per heavy atom. The van der Waals surface area contributed by atoms with Gasteiger partial charge >= 0.3 is 0 Å². The van der Waals surface area contributed by atoms with Gasteiger partial charge in [0.05, 0.1) is 11.7 Å². The normalized spacial score (nSPS) is 29.8. The quantitative estimate of drug-likeness (QED) is 0.893. The summed E-state index contributed by atoms with van der Waals surface area (Å²) in [5.74, 6) is 0.489. The van der Waals surface area contributed by atoms with Crippen LogP contribution in [-0.2, 0) is 11.2 Å². The molecule has 2 heterocycles. The molecule has 1 aromatic rings. The zero-order valence-electron chi connectivity index (χ0n) is 10.7. The van der Waals surface area contributed by atoms with Crippen molar-refractivity contribution in [2.45, 2.75) is 51.2 Å². The SMILES string of the molecule is CC(C)C1CC(O)(CCc2cccs2)CCO1. The molecule has 2 nitrogen and oxygen atoms in total. The van der Waals surface area contributed by atoms with E-state index < -0.39 is 5.60 Å². The van der Waals surface area contributed by atoms with Gasteiger partial charge in [-0.15, -0.1) is 11.3 Å². The third-order valence-corrected chi connectivity index (χ3v) is 4.58. The average Bonchev–Trinajstić information content (AvgIpc) is 2.79. The maximum atomic E-state index is 10.6. The summed E-state index contributed by atoms with van der Waals surface area (Å²) in [6.45, 7) is 5.02. The second-order valence-electron chi connectivity index (χ2n) is 5.41. The minimum absolute atomic E-state index is 0.220. The Hall–Kier alpha value is -0.380. The third kappa shape index (κ3) is 3.54. The first-order valence-electron chi connectivity index (χ1n) is 6.45. The average molecular weight is 254 g/mol. The van der Waals surface area contributed by atoms with Crippen LogP contribution in [0.3, 0.4) is 0 Å². The molecule has 1 aliphatic heterocycles. The van der Waals surface area contributed by atoms with Gasteiger partial charge in [0, 0.05) is 17.9 Å². The maximum absolute atomic E-state index is 10.6. The van der Waals surface area contributed by atoms with E-state index in [-0.39, 0.29) is 6.10 Å². The Morgan fingerprint density at radius 3 is 3.06 bits per heavy atom. The Balaban J connectivity index is 1.89. The first kappa shape index (κ1) is 13.1. The van der Waals surface area contributed by atoms with Crippen LogP contribution < -0.4 is 0 Å². The molecule has 1 aromatic heterocycles. The van der Waals surface area contributed by atoms with Gasteiger partial charge in [-0.25, -0.2) is 0 Å². The largest absolute Gasteiger partial charge is 0.390 e. The number of ether oxygens (including phenoxy) is 1. The molecule has 1 N–H and O–H groups in total. The molecule has 0 bridgehead atoms. The molecule has 2 rings (SSSR count). The lowest BCUT2D eigenvalue weighted by molar-refractivity contribution is -0.119. The summed E-state index contributed by atoms with van der Waals surface area (Å²) in [6.07, 6.45) is 3.63. The molecule has 0 spiro atoms. The zero-order chi connectivity index (χ0) is 12.3. The predicted octanol–water partition coefficient (Wildman–Crippen LogP) is 3.25. The van der Waals surface area contributed by atoms with Gasteiger partial charge < -0.3 is 9.84 Å². The number of thiophene rings is 1. The summed E-state index contributed by atoms with van der Waals surface area (Å²) in [5, 5.41) is 12.7. The molecule has 2 unspecified atom stereocenters. The molecule has 1 saturated heterocycles. The number of hydrogen-bond donors (Lipinski definition) is 1. The van der Waals surface area contributed by atoms with Crippen molar-refractivity contribution in [2.75, 3.05) is 6.61 Å². The predicted molar refractivity (Wildman–Crippen MR) is 71.4 cm³/mol. The van der Waals surface area contributed by atoms with E-state index in [2.05, 4.69) is 31.4 Å². The molecule has 0 radical (unpaired) electrons. The minimum Gasteiger partial charge on any atom is -0.390 e. The number of aliphatic hydroxyl groups is 1. The van der Waals surface area contributed by atoms with Crippen LogP contribution in [0.4, 0.5) is 0 Å². The van der Waals surface area contributed by atoms with Crippen molar-refractivity contribution in [3.8, 4) is 0 Å². The van der Waals surface area contributed by atoms with Crippen LogP contribution >= 0.6 is 11.3 Å². The van der Waals surface area contributed by atoms with E-state index in [4.69, 9.17) is 4.74 Å². The van der Waals surface area contributed by atoms with E-state index in [1.165, 1.54) is 4.88 Å². The summed E-state index contributed by atoms with van der Waals surface area (Å²) in [6, 6.07) is 4.22. The van der Waals surface area contributed by atoms with Gasteiger partial charge in [0.2, 0.25) is 0 Å². The standard InChI is InChI=1S/C14H22O2S/c1-11(2)13-10-14(15,7-8-16-13)6-5-12-4-3-9-17-12/h3-4,9,11,13,15H,5-8,10H2,1-2H3. The van der Waals surface area contributed by atoms with Crippen molar-refractivity contribution >= 4 is 11.3 Å². The third-order valence-electron chi connectivity index (χ3n) is 3.64. The Morgan fingerprint density at radius 1 is 1.59 bits per heavy atom. The smallest absolute Gasteiger partial charge is 0.0698 e. The fraction of sp³-hybridized carbons (Fsp3) is 0.714. The zero-order valence-corrected chi connectivity index (χ0v) is 11.5. The lowest BCUT2D eigenvalue weighted by Gasteiger charge is -2.38. The molecule has 2 atom stereocenters. The van der Waals surface area contributed by atoms with Crippen molar-refractivity contribution in [1.82, 2.24) is 0 Å². The Kier molecular flexibility index (Phi) is 4.23. The highest BCUT2D eigenvalue weighted by atomic mass is 32.1. The van der Waals surface area contributed by atoms with E-state index in [1.807, 2.05) is 0 Å².